The number of amides is 4. The maximum absolute atomic E-state index is 11.9. The van der Waals surface area contributed by atoms with Crippen molar-refractivity contribution in [2.75, 3.05) is 6.54 Å². The van der Waals surface area contributed by atoms with Crippen LogP contribution in [0.25, 0.3) is 0 Å². The van der Waals surface area contributed by atoms with Gasteiger partial charge in [-0.05, 0) is 18.8 Å². The lowest BCUT2D eigenvalue weighted by molar-refractivity contribution is -0.144. The van der Waals surface area contributed by atoms with Gasteiger partial charge in [-0.3, -0.25) is 19.8 Å². The number of urea groups is 1. The highest BCUT2D eigenvalue weighted by Crippen LogP contribution is 2.48. The Kier molecular flexibility index (Phi) is 2.06. The Bertz CT molecular complexity index is 345. The molecule has 0 radical (unpaired) electrons. The molecule has 0 bridgehead atoms. The zero-order valence-corrected chi connectivity index (χ0v) is 8.87. The van der Waals surface area contributed by atoms with E-state index in [1.54, 1.807) is 0 Å². The van der Waals surface area contributed by atoms with Gasteiger partial charge in [0.05, 0.1) is 0 Å². The molecule has 0 unspecified atom stereocenters. The van der Waals surface area contributed by atoms with Gasteiger partial charge in [-0.15, -0.1) is 0 Å². The topological polar surface area (TPSA) is 66.5 Å². The van der Waals surface area contributed by atoms with Crippen LogP contribution in [0.2, 0.25) is 0 Å². The van der Waals surface area contributed by atoms with Crippen molar-refractivity contribution < 1.29 is 14.4 Å². The second-order valence-electron chi connectivity index (χ2n) is 4.65. The molecule has 2 rings (SSSR count). The number of hydrogen-bond donors (Lipinski definition) is 1. The smallest absolute Gasteiger partial charge is 0.277 e. The highest BCUT2D eigenvalue weighted by molar-refractivity contribution is 6.20. The van der Waals surface area contributed by atoms with Crippen LogP contribution in [0, 0.1) is 11.3 Å². The standard InChI is InChI=1S/C10H14N2O3/c1-6(2)5-12-8(14)10(3-4-10)7(13)11-9(12)15/h6H,3-5H2,1-2H3,(H,11,13,15). The third-order valence-corrected chi connectivity index (χ3v) is 2.85. The Labute approximate surface area is 87.8 Å². The quantitative estimate of drug-likeness (QED) is 0.675. The van der Waals surface area contributed by atoms with Gasteiger partial charge in [0.15, 0.2) is 0 Å². The Morgan fingerprint density at radius 1 is 1.33 bits per heavy atom. The minimum Gasteiger partial charge on any atom is -0.277 e. The van der Waals surface area contributed by atoms with Gasteiger partial charge in [-0.25, -0.2) is 4.79 Å². The summed E-state index contributed by atoms with van der Waals surface area (Å²) >= 11 is 0. The number of nitrogens with one attached hydrogen (secondary N) is 1. The fourth-order valence-corrected chi connectivity index (χ4v) is 1.83. The van der Waals surface area contributed by atoms with Gasteiger partial charge >= 0.3 is 6.03 Å². The van der Waals surface area contributed by atoms with Crippen molar-refractivity contribution in [3.63, 3.8) is 0 Å². The summed E-state index contributed by atoms with van der Waals surface area (Å²) in [6.45, 7) is 4.23. The summed E-state index contributed by atoms with van der Waals surface area (Å²) in [7, 11) is 0. The monoisotopic (exact) mass is 210 g/mol. The summed E-state index contributed by atoms with van der Waals surface area (Å²) in [6, 6.07) is -0.573. The van der Waals surface area contributed by atoms with Crippen molar-refractivity contribution >= 4 is 17.8 Å². The number of imide groups is 2. The van der Waals surface area contributed by atoms with E-state index in [-0.39, 0.29) is 11.8 Å². The molecule has 2 aliphatic rings. The van der Waals surface area contributed by atoms with Crippen molar-refractivity contribution in [3.05, 3.63) is 0 Å². The van der Waals surface area contributed by atoms with Gasteiger partial charge in [-0.1, -0.05) is 13.8 Å². The minimum absolute atomic E-state index is 0.212. The number of hydrogen-bond acceptors (Lipinski definition) is 3. The zero-order valence-electron chi connectivity index (χ0n) is 8.87. The molecule has 15 heavy (non-hydrogen) atoms. The van der Waals surface area contributed by atoms with Crippen LogP contribution in [-0.2, 0) is 9.59 Å². The third-order valence-electron chi connectivity index (χ3n) is 2.85. The summed E-state index contributed by atoms with van der Waals surface area (Å²) in [4.78, 5) is 36.0. The van der Waals surface area contributed by atoms with Crippen molar-refractivity contribution in [1.82, 2.24) is 10.2 Å². The highest BCUT2D eigenvalue weighted by Gasteiger charge is 2.62. The van der Waals surface area contributed by atoms with E-state index in [1.807, 2.05) is 13.8 Å². The van der Waals surface area contributed by atoms with E-state index in [9.17, 15) is 14.4 Å². The molecule has 0 aromatic heterocycles. The van der Waals surface area contributed by atoms with E-state index in [4.69, 9.17) is 0 Å². The van der Waals surface area contributed by atoms with Crippen LogP contribution in [0.5, 0.6) is 0 Å². The Morgan fingerprint density at radius 3 is 2.40 bits per heavy atom. The Balaban J connectivity index is 2.21. The molecule has 1 heterocycles. The molecule has 5 heteroatoms. The molecule has 82 valence electrons. The Morgan fingerprint density at radius 2 is 1.93 bits per heavy atom. The largest absolute Gasteiger partial charge is 0.330 e. The first kappa shape index (κ1) is 10.1. The summed E-state index contributed by atoms with van der Waals surface area (Å²) in [5, 5.41) is 2.25. The first-order valence-electron chi connectivity index (χ1n) is 5.15. The maximum atomic E-state index is 11.9. The van der Waals surface area contributed by atoms with Crippen molar-refractivity contribution in [3.8, 4) is 0 Å². The maximum Gasteiger partial charge on any atom is 0.330 e. The van der Waals surface area contributed by atoms with Gasteiger partial charge in [0.1, 0.15) is 5.41 Å². The number of nitrogens with zero attached hydrogens (tertiary/aromatic N) is 1. The molecule has 1 saturated carbocycles. The van der Waals surface area contributed by atoms with Crippen LogP contribution in [0.1, 0.15) is 26.7 Å². The molecule has 0 aromatic rings. The van der Waals surface area contributed by atoms with E-state index < -0.39 is 17.4 Å². The van der Waals surface area contributed by atoms with Crippen molar-refractivity contribution in [2.24, 2.45) is 11.3 Å². The molecule has 1 saturated heterocycles. The average Bonchev–Trinajstić information content (AvgIpc) is 2.91. The average molecular weight is 210 g/mol. The third kappa shape index (κ3) is 1.42. The van der Waals surface area contributed by atoms with Crippen LogP contribution < -0.4 is 5.32 Å². The fraction of sp³-hybridized carbons (Fsp3) is 0.700. The molecule has 0 aromatic carbocycles. The molecule has 1 aliphatic carbocycles. The summed E-state index contributed by atoms with van der Waals surface area (Å²) < 4.78 is 0. The van der Waals surface area contributed by atoms with Gasteiger partial charge < -0.3 is 0 Å². The predicted octanol–water partition coefficient (Wildman–Crippen LogP) is 0.501. The van der Waals surface area contributed by atoms with Gasteiger partial charge in [0.25, 0.3) is 0 Å². The number of barbiturate groups is 1. The van der Waals surface area contributed by atoms with Crippen LogP contribution in [0.3, 0.4) is 0 Å². The van der Waals surface area contributed by atoms with E-state index in [0.717, 1.165) is 0 Å². The molecular formula is C10H14N2O3. The number of rotatable bonds is 2. The molecule has 1 N–H and O–H groups in total. The van der Waals surface area contributed by atoms with E-state index in [0.29, 0.717) is 19.4 Å². The zero-order chi connectivity index (χ0) is 11.2. The summed E-state index contributed by atoms with van der Waals surface area (Å²) in [6.07, 6.45) is 1.14. The van der Waals surface area contributed by atoms with Gasteiger partial charge in [-0.2, -0.15) is 0 Å². The number of carbonyl (C=O) groups is 3. The van der Waals surface area contributed by atoms with Crippen molar-refractivity contribution in [2.45, 2.75) is 26.7 Å². The first-order valence-corrected chi connectivity index (χ1v) is 5.15. The van der Waals surface area contributed by atoms with E-state index >= 15 is 0 Å². The first-order chi connectivity index (χ1) is 6.97. The van der Waals surface area contributed by atoms with Gasteiger partial charge in [0.2, 0.25) is 11.8 Å². The molecule has 5 nitrogen and oxygen atoms in total. The van der Waals surface area contributed by atoms with Crippen molar-refractivity contribution in [1.29, 1.82) is 0 Å². The van der Waals surface area contributed by atoms with Gasteiger partial charge in [0, 0.05) is 6.54 Å². The van der Waals surface area contributed by atoms with Crippen LogP contribution >= 0.6 is 0 Å². The second-order valence-corrected chi connectivity index (χ2v) is 4.65. The lowest BCUT2D eigenvalue weighted by Gasteiger charge is -2.31. The highest BCUT2D eigenvalue weighted by atomic mass is 16.2. The Hall–Kier alpha value is -1.39. The lowest BCUT2D eigenvalue weighted by atomic mass is 10.0. The summed E-state index contributed by atoms with van der Waals surface area (Å²) in [5.41, 5.74) is -0.900. The lowest BCUT2D eigenvalue weighted by Crippen LogP contribution is -2.59. The molecule has 4 amide bonds. The predicted molar refractivity (Wildman–Crippen MR) is 51.8 cm³/mol. The molecule has 2 fully saturated rings. The van der Waals surface area contributed by atoms with Crippen LogP contribution in [-0.4, -0.2) is 29.3 Å². The fourth-order valence-electron chi connectivity index (χ4n) is 1.83. The van der Waals surface area contributed by atoms with E-state index in [1.165, 1.54) is 4.90 Å². The molecule has 1 spiro atoms. The molecule has 1 aliphatic heterocycles. The van der Waals surface area contributed by atoms with E-state index in [2.05, 4.69) is 5.32 Å². The van der Waals surface area contributed by atoms with Crippen LogP contribution in [0.15, 0.2) is 0 Å². The minimum atomic E-state index is -0.900. The number of carbonyl (C=O) groups excluding carboxylic acids is 3. The molecular weight excluding hydrogens is 196 g/mol. The SMILES string of the molecule is CC(C)CN1C(=O)NC(=O)C2(CC2)C1=O. The van der Waals surface area contributed by atoms with Crippen LogP contribution in [0.4, 0.5) is 4.79 Å². The second kappa shape index (κ2) is 3.05. The summed E-state index contributed by atoms with van der Waals surface area (Å²) in [5.74, 6) is -0.522. The normalized spacial score (nSPS) is 23.7. The molecule has 0 atom stereocenters.